The number of hydrogen-bond acceptors (Lipinski definition) is 2. The van der Waals surface area contributed by atoms with E-state index in [9.17, 15) is 137 Å². The van der Waals surface area contributed by atoms with Crippen molar-refractivity contribution in [3.05, 3.63) is 11.8 Å². The monoisotopic (exact) mass is 808 g/mol. The molecule has 0 unspecified atom stereocenters. The summed E-state index contributed by atoms with van der Waals surface area (Å²) >= 11 is 0. The Morgan fingerprint density at radius 3 is 0.714 bits per heavy atom. The van der Waals surface area contributed by atoms with Crippen LogP contribution in [0.5, 0.6) is 0 Å². The van der Waals surface area contributed by atoms with Crippen molar-refractivity contribution in [3.63, 3.8) is 0 Å². The molecule has 0 saturated heterocycles. The van der Waals surface area contributed by atoms with Gasteiger partial charge >= 0.3 is 83.4 Å². The highest BCUT2D eigenvalue weighted by atomic mass is 19.4. The van der Waals surface area contributed by atoms with Gasteiger partial charge in [-0.25, -0.2) is 0 Å². The first kappa shape index (κ1) is 46.1. The number of aliphatic hydroxyl groups excluding tert-OH is 1. The van der Waals surface area contributed by atoms with Gasteiger partial charge in [-0.15, -0.1) is 0 Å². The lowest BCUT2D eigenvalue weighted by molar-refractivity contribution is -0.451. The van der Waals surface area contributed by atoms with Gasteiger partial charge in [0.1, 0.15) is 0 Å². The van der Waals surface area contributed by atoms with E-state index in [4.69, 9.17) is 5.11 Å². The van der Waals surface area contributed by atoms with E-state index in [1.54, 1.807) is 0 Å². The molecule has 49 heavy (non-hydrogen) atoms. The van der Waals surface area contributed by atoms with Gasteiger partial charge in [0.15, 0.2) is 5.76 Å². The summed E-state index contributed by atoms with van der Waals surface area (Å²) in [6.07, 6.45) is -19.3. The van der Waals surface area contributed by atoms with E-state index in [0.717, 1.165) is 0 Å². The van der Waals surface area contributed by atoms with E-state index in [2.05, 4.69) is 0 Å². The van der Waals surface area contributed by atoms with Crippen LogP contribution in [0.25, 0.3) is 0 Å². The van der Waals surface area contributed by atoms with Crippen LogP contribution in [0.2, 0.25) is 0 Å². The Bertz CT molecular complexity index is 1280. The van der Waals surface area contributed by atoms with Gasteiger partial charge in [-0.3, -0.25) is 4.79 Å². The van der Waals surface area contributed by atoms with Crippen LogP contribution in [0.3, 0.4) is 0 Å². The van der Waals surface area contributed by atoms with E-state index in [1.165, 1.54) is 0 Å². The molecule has 0 aliphatic heterocycles. The lowest BCUT2D eigenvalue weighted by atomic mass is 9.88. The van der Waals surface area contributed by atoms with Crippen molar-refractivity contribution in [1.82, 2.24) is 0 Å². The molecule has 32 heteroatoms. The zero-order valence-electron chi connectivity index (χ0n) is 20.8. The van der Waals surface area contributed by atoms with E-state index >= 15 is 0 Å². The first-order valence-corrected chi connectivity index (χ1v) is 10.2. The molecule has 0 bridgehead atoms. The molecule has 0 aliphatic carbocycles. The first-order valence-electron chi connectivity index (χ1n) is 10.2. The zero-order chi connectivity index (χ0) is 40.9. The van der Waals surface area contributed by atoms with Crippen LogP contribution in [0.15, 0.2) is 11.8 Å². The van der Waals surface area contributed by atoms with Crippen molar-refractivity contribution in [1.29, 1.82) is 0 Å². The summed E-state index contributed by atoms with van der Waals surface area (Å²) in [4.78, 5) is 11.1. The molecular weight excluding hydrogens is 806 g/mol. The zero-order valence-corrected chi connectivity index (χ0v) is 20.8. The molecule has 292 valence electrons. The number of rotatable bonds is 13. The fraction of sp³-hybridized carbons (Fsp3) is 0.824. The summed E-state index contributed by atoms with van der Waals surface area (Å²) in [7, 11) is 0. The average Bonchev–Trinajstić information content (AvgIpc) is 2.85. The van der Waals surface area contributed by atoms with Crippen LogP contribution in [-0.4, -0.2) is 94.3 Å². The third-order valence-corrected chi connectivity index (χ3v) is 5.55. The second-order valence-electron chi connectivity index (χ2n) is 8.78. The molecule has 1 N–H and O–H groups in total. The summed E-state index contributed by atoms with van der Waals surface area (Å²) in [5.41, 5.74) is 0. The van der Waals surface area contributed by atoms with Crippen LogP contribution < -0.4 is 0 Å². The highest BCUT2D eigenvalue weighted by molar-refractivity contribution is 5.97. The summed E-state index contributed by atoms with van der Waals surface area (Å²) in [6, 6.07) is 0. The third-order valence-electron chi connectivity index (χ3n) is 5.55. The minimum Gasteiger partial charge on any atom is -0.506 e. The van der Waals surface area contributed by atoms with E-state index in [-0.39, 0.29) is 0 Å². The largest absolute Gasteiger partial charge is 0.506 e. The van der Waals surface area contributed by atoms with E-state index in [1.807, 2.05) is 0 Å². The van der Waals surface area contributed by atoms with Crippen LogP contribution >= 0.6 is 0 Å². The fourth-order valence-corrected chi connectivity index (χ4v) is 2.55. The van der Waals surface area contributed by atoms with Gasteiger partial charge in [-0.2, -0.15) is 132 Å². The average molecular weight is 808 g/mol. The smallest absolute Gasteiger partial charge is 0.460 e. The van der Waals surface area contributed by atoms with Crippen molar-refractivity contribution < 1.29 is 142 Å². The summed E-state index contributed by atoms with van der Waals surface area (Å²) < 4.78 is 392. The van der Waals surface area contributed by atoms with Gasteiger partial charge in [0.25, 0.3) is 0 Å². The number of ketones is 1. The third kappa shape index (κ3) is 5.72. The van der Waals surface area contributed by atoms with Gasteiger partial charge in [0.05, 0.1) is 0 Å². The van der Waals surface area contributed by atoms with Crippen molar-refractivity contribution in [2.45, 2.75) is 83.4 Å². The predicted molar refractivity (Wildman–Crippen MR) is 87.2 cm³/mol. The molecule has 2 nitrogen and oxygen atoms in total. The van der Waals surface area contributed by atoms with Crippen molar-refractivity contribution in [2.75, 3.05) is 0 Å². The normalized spacial score (nSPS) is 17.1. The molecule has 0 radical (unpaired) electrons. The molecule has 0 fully saturated rings. The molecule has 0 atom stereocenters. The molecule has 0 aromatic carbocycles. The number of alkyl halides is 30. The Hall–Kier alpha value is -2.89. The van der Waals surface area contributed by atoms with Crippen LogP contribution in [0, 0.1) is 0 Å². The molecule has 0 aliphatic rings. The van der Waals surface area contributed by atoms with Crippen LogP contribution in [-0.2, 0) is 4.79 Å². The van der Waals surface area contributed by atoms with Crippen molar-refractivity contribution >= 4 is 5.78 Å². The fourth-order valence-electron chi connectivity index (χ4n) is 2.55. The highest BCUT2D eigenvalue weighted by Gasteiger charge is 2.95. The number of carbonyl (C=O) groups is 1. The molecular formula is C17H2F30O2. The first-order chi connectivity index (χ1) is 20.5. The molecule has 0 amide bonds. The van der Waals surface area contributed by atoms with E-state index < -0.39 is 101 Å². The Morgan fingerprint density at radius 1 is 0.306 bits per heavy atom. The molecule has 0 aromatic heterocycles. The van der Waals surface area contributed by atoms with Gasteiger partial charge in [-0.1, -0.05) is 0 Å². The van der Waals surface area contributed by atoms with Gasteiger partial charge in [0.2, 0.25) is 5.78 Å². The lowest BCUT2D eigenvalue weighted by Crippen LogP contribution is -2.73. The SMILES string of the molecule is O=C(/C=C(\O)C(F)(F)C(F)(F)C(F)(F)C(F)(F)C(F)(F)C(F)(F)C(F)(F)F)C(F)(F)C(F)(F)C(F)(F)C(F)(F)C(F)(F)C(F)(F)C(F)(F)F. The quantitative estimate of drug-likeness (QED) is 0.114. The van der Waals surface area contributed by atoms with Crippen molar-refractivity contribution in [3.8, 4) is 0 Å². The Kier molecular flexibility index (Phi) is 10.6. The number of allylic oxidation sites excluding steroid dienone is 2. The van der Waals surface area contributed by atoms with Gasteiger partial charge < -0.3 is 5.11 Å². The minimum absolute atomic E-state index is 3.05. The van der Waals surface area contributed by atoms with Crippen molar-refractivity contribution in [2.24, 2.45) is 0 Å². The van der Waals surface area contributed by atoms with Crippen LogP contribution in [0.4, 0.5) is 132 Å². The standard InChI is InChI=1S/C17H2F30O2/c18-4(19,6(22,23)8(26,27)10(30,31)12(34,35)14(38,39)16(42,43)44)2(48)1-3(49)5(20,21)7(24,25)9(28,29)11(32,33)13(36,37)15(40,41)17(45,46)47/h1,48H/b2-1-. The van der Waals surface area contributed by atoms with Gasteiger partial charge in [0, 0.05) is 6.08 Å². The molecule has 0 aromatic rings. The molecule has 0 spiro atoms. The Balaban J connectivity index is 7.24. The molecule has 0 heterocycles. The number of carbonyl (C=O) groups excluding carboxylic acids is 1. The Morgan fingerprint density at radius 2 is 0.490 bits per heavy atom. The number of aliphatic hydroxyl groups is 1. The number of hydrogen-bond donors (Lipinski definition) is 1. The summed E-state index contributed by atoms with van der Waals surface area (Å²) in [5, 5.41) is 8.58. The van der Waals surface area contributed by atoms with Crippen LogP contribution in [0.1, 0.15) is 0 Å². The lowest BCUT2D eigenvalue weighted by Gasteiger charge is -2.41. The summed E-state index contributed by atoms with van der Waals surface area (Å²) in [6.45, 7) is 0. The second-order valence-corrected chi connectivity index (χ2v) is 8.78. The maximum atomic E-state index is 13.7. The topological polar surface area (TPSA) is 37.3 Å². The minimum atomic E-state index is -9.21. The number of halogens is 30. The Labute approximate surface area is 244 Å². The maximum Gasteiger partial charge on any atom is 0.460 e. The predicted octanol–water partition coefficient (Wildman–Crippen LogP) is 9.75. The van der Waals surface area contributed by atoms with Gasteiger partial charge in [-0.05, 0) is 0 Å². The summed E-state index contributed by atoms with van der Waals surface area (Å²) in [5.74, 6) is -117. The highest BCUT2D eigenvalue weighted by Crippen LogP contribution is 2.64. The molecule has 0 rings (SSSR count). The molecule has 0 saturated carbocycles. The maximum absolute atomic E-state index is 13.7. The second kappa shape index (κ2) is 11.3. The van der Waals surface area contributed by atoms with E-state index in [0.29, 0.717) is 0 Å².